The third-order valence-corrected chi connectivity index (χ3v) is 2.97. The van der Waals surface area contributed by atoms with E-state index in [2.05, 4.69) is 39.0 Å². The topological polar surface area (TPSA) is 0 Å². The second kappa shape index (κ2) is 3.02. The lowest BCUT2D eigenvalue weighted by Gasteiger charge is -2.18. The number of rotatable bonds is 0. The van der Waals surface area contributed by atoms with E-state index >= 15 is 0 Å². The van der Waals surface area contributed by atoms with Crippen LogP contribution in [0.3, 0.4) is 0 Å². The van der Waals surface area contributed by atoms with Crippen LogP contribution in [0.1, 0.15) is 35.6 Å². The Hall–Kier alpha value is -1.04. The Morgan fingerprint density at radius 3 is 2.38 bits per heavy atom. The van der Waals surface area contributed by atoms with Gasteiger partial charge in [0.15, 0.2) is 0 Å². The van der Waals surface area contributed by atoms with Gasteiger partial charge in [0.1, 0.15) is 0 Å². The van der Waals surface area contributed by atoms with Gasteiger partial charge in [-0.05, 0) is 55.9 Å². The van der Waals surface area contributed by atoms with Crippen LogP contribution in [0, 0.1) is 13.8 Å². The molecule has 0 aromatic heterocycles. The average Bonchev–Trinajstić information content (AvgIpc) is 2.12. The second-order valence-corrected chi connectivity index (χ2v) is 4.08. The monoisotopic (exact) mass is 172 g/mol. The average molecular weight is 172 g/mol. The number of allylic oxidation sites excluding steroid dienone is 1. The van der Waals surface area contributed by atoms with Crippen molar-refractivity contribution in [3.05, 3.63) is 40.0 Å². The van der Waals surface area contributed by atoms with E-state index in [9.17, 15) is 0 Å². The summed E-state index contributed by atoms with van der Waals surface area (Å²) in [5.41, 5.74) is 7.42. The van der Waals surface area contributed by atoms with Crippen LogP contribution in [0.25, 0.3) is 6.08 Å². The Kier molecular flexibility index (Phi) is 1.99. The fourth-order valence-corrected chi connectivity index (χ4v) is 2.06. The predicted molar refractivity (Wildman–Crippen MR) is 57.9 cm³/mol. The molecule has 2 rings (SSSR count). The van der Waals surface area contributed by atoms with E-state index in [1.807, 2.05) is 0 Å². The van der Waals surface area contributed by atoms with Gasteiger partial charge in [0.25, 0.3) is 0 Å². The van der Waals surface area contributed by atoms with Gasteiger partial charge in [-0.2, -0.15) is 0 Å². The van der Waals surface area contributed by atoms with E-state index < -0.39 is 0 Å². The Bertz CT molecular complexity index is 370. The largest absolute Gasteiger partial charge is 0.0724 e. The molecule has 0 aliphatic heterocycles. The van der Waals surface area contributed by atoms with Gasteiger partial charge in [-0.15, -0.1) is 0 Å². The SMILES string of the molecule is CC1=Cc2c(C)ccc(C)c2CC1. The summed E-state index contributed by atoms with van der Waals surface area (Å²) < 4.78 is 0. The molecule has 0 heterocycles. The molecule has 0 fully saturated rings. The Morgan fingerprint density at radius 1 is 0.923 bits per heavy atom. The molecule has 0 unspecified atom stereocenters. The van der Waals surface area contributed by atoms with Crippen molar-refractivity contribution in [2.24, 2.45) is 0 Å². The molecule has 0 radical (unpaired) electrons. The molecule has 0 atom stereocenters. The number of hydrogen-bond acceptors (Lipinski definition) is 0. The van der Waals surface area contributed by atoms with Gasteiger partial charge in [-0.25, -0.2) is 0 Å². The van der Waals surface area contributed by atoms with Crippen molar-refractivity contribution >= 4 is 6.08 Å². The van der Waals surface area contributed by atoms with E-state index in [1.165, 1.54) is 35.1 Å². The Labute approximate surface area is 80.3 Å². The normalized spacial score (nSPS) is 15.2. The quantitative estimate of drug-likeness (QED) is 0.560. The molecule has 0 nitrogen and oxygen atoms in total. The van der Waals surface area contributed by atoms with Crippen molar-refractivity contribution in [3.63, 3.8) is 0 Å². The summed E-state index contributed by atoms with van der Waals surface area (Å²) in [7, 11) is 0. The molecule has 13 heavy (non-hydrogen) atoms. The summed E-state index contributed by atoms with van der Waals surface area (Å²) in [4.78, 5) is 0. The maximum atomic E-state index is 2.35. The predicted octanol–water partition coefficient (Wildman–Crippen LogP) is 3.65. The van der Waals surface area contributed by atoms with Crippen LogP contribution in [0.2, 0.25) is 0 Å². The van der Waals surface area contributed by atoms with Gasteiger partial charge < -0.3 is 0 Å². The molecule has 68 valence electrons. The molecule has 0 heteroatoms. The van der Waals surface area contributed by atoms with Gasteiger partial charge in [0, 0.05) is 0 Å². The number of aryl methyl sites for hydroxylation is 2. The van der Waals surface area contributed by atoms with Crippen molar-refractivity contribution in [3.8, 4) is 0 Å². The fraction of sp³-hybridized carbons (Fsp3) is 0.385. The van der Waals surface area contributed by atoms with Crippen molar-refractivity contribution < 1.29 is 0 Å². The molecule has 1 aliphatic carbocycles. The van der Waals surface area contributed by atoms with Crippen LogP contribution >= 0.6 is 0 Å². The summed E-state index contributed by atoms with van der Waals surface area (Å²) in [5, 5.41) is 0. The summed E-state index contributed by atoms with van der Waals surface area (Å²) >= 11 is 0. The van der Waals surface area contributed by atoms with Crippen molar-refractivity contribution in [2.45, 2.75) is 33.6 Å². The molecule has 1 aliphatic rings. The minimum atomic E-state index is 1.23. The van der Waals surface area contributed by atoms with E-state index in [1.54, 1.807) is 5.56 Å². The third-order valence-electron chi connectivity index (χ3n) is 2.97. The lowest BCUT2D eigenvalue weighted by Crippen LogP contribution is -2.02. The molecular weight excluding hydrogens is 156 g/mol. The minimum Gasteiger partial charge on any atom is -0.0724 e. The van der Waals surface area contributed by atoms with Crippen molar-refractivity contribution in [1.29, 1.82) is 0 Å². The van der Waals surface area contributed by atoms with Crippen LogP contribution < -0.4 is 0 Å². The highest BCUT2D eigenvalue weighted by Gasteiger charge is 2.11. The smallest absolute Gasteiger partial charge is 0.0193 e. The molecule has 1 aromatic rings. The first kappa shape index (κ1) is 8.55. The van der Waals surface area contributed by atoms with Crippen LogP contribution in [0.15, 0.2) is 17.7 Å². The van der Waals surface area contributed by atoms with Crippen molar-refractivity contribution in [1.82, 2.24) is 0 Å². The molecule has 0 bridgehead atoms. The summed E-state index contributed by atoms with van der Waals surface area (Å²) in [5.74, 6) is 0. The van der Waals surface area contributed by atoms with Crippen LogP contribution in [-0.4, -0.2) is 0 Å². The molecular formula is C13H16. The first-order valence-corrected chi connectivity index (χ1v) is 4.95. The number of hydrogen-bond donors (Lipinski definition) is 0. The molecule has 0 spiro atoms. The maximum Gasteiger partial charge on any atom is -0.0193 e. The van der Waals surface area contributed by atoms with Gasteiger partial charge in [-0.1, -0.05) is 23.8 Å². The lowest BCUT2D eigenvalue weighted by molar-refractivity contribution is 0.914. The summed E-state index contributed by atoms with van der Waals surface area (Å²) in [6.07, 6.45) is 4.81. The minimum absolute atomic E-state index is 1.23. The van der Waals surface area contributed by atoms with E-state index in [-0.39, 0.29) is 0 Å². The van der Waals surface area contributed by atoms with E-state index in [0.29, 0.717) is 0 Å². The maximum absolute atomic E-state index is 2.35. The van der Waals surface area contributed by atoms with Gasteiger partial charge >= 0.3 is 0 Å². The zero-order valence-electron chi connectivity index (χ0n) is 8.65. The third kappa shape index (κ3) is 1.41. The molecule has 1 aromatic carbocycles. The second-order valence-electron chi connectivity index (χ2n) is 4.08. The highest BCUT2D eigenvalue weighted by atomic mass is 14.2. The lowest BCUT2D eigenvalue weighted by atomic mass is 9.87. The molecule has 0 N–H and O–H groups in total. The Morgan fingerprint density at radius 2 is 1.62 bits per heavy atom. The fourth-order valence-electron chi connectivity index (χ4n) is 2.06. The van der Waals surface area contributed by atoms with Crippen LogP contribution in [0.4, 0.5) is 0 Å². The molecule has 0 saturated heterocycles. The van der Waals surface area contributed by atoms with E-state index in [4.69, 9.17) is 0 Å². The number of benzene rings is 1. The van der Waals surface area contributed by atoms with Crippen LogP contribution in [0.5, 0.6) is 0 Å². The van der Waals surface area contributed by atoms with Gasteiger partial charge in [0.05, 0.1) is 0 Å². The van der Waals surface area contributed by atoms with E-state index in [0.717, 1.165) is 0 Å². The zero-order chi connectivity index (χ0) is 9.42. The standard InChI is InChI=1S/C13H16/c1-9-4-7-12-10(2)5-6-11(3)13(12)8-9/h5-6,8H,4,7H2,1-3H3. The molecule has 0 amide bonds. The molecule has 0 saturated carbocycles. The first-order valence-electron chi connectivity index (χ1n) is 4.95. The number of fused-ring (bicyclic) bond motifs is 1. The zero-order valence-corrected chi connectivity index (χ0v) is 8.65. The van der Waals surface area contributed by atoms with Gasteiger partial charge in [0.2, 0.25) is 0 Å². The van der Waals surface area contributed by atoms with Gasteiger partial charge in [-0.3, -0.25) is 0 Å². The summed E-state index contributed by atoms with van der Waals surface area (Å²) in [6.45, 7) is 6.64. The summed E-state index contributed by atoms with van der Waals surface area (Å²) in [6, 6.07) is 4.46. The first-order chi connectivity index (χ1) is 6.18. The highest BCUT2D eigenvalue weighted by molar-refractivity contribution is 5.64. The van der Waals surface area contributed by atoms with Crippen molar-refractivity contribution in [2.75, 3.05) is 0 Å². The highest BCUT2D eigenvalue weighted by Crippen LogP contribution is 2.28. The van der Waals surface area contributed by atoms with Crippen LogP contribution in [-0.2, 0) is 6.42 Å². The Balaban J connectivity index is 2.65.